The fraction of sp³-hybridized carbons (Fsp3) is 0.200. The van der Waals surface area contributed by atoms with Gasteiger partial charge in [-0.2, -0.15) is 18.3 Å². The van der Waals surface area contributed by atoms with Crippen LogP contribution in [0.25, 0.3) is 0 Å². The number of benzene rings is 2. The predicted octanol–water partition coefficient (Wildman–Crippen LogP) is 4.76. The lowest BCUT2D eigenvalue weighted by Crippen LogP contribution is -2.20. The van der Waals surface area contributed by atoms with Gasteiger partial charge in [-0.25, -0.2) is 4.68 Å². The minimum absolute atomic E-state index is 0.330. The molecule has 3 aromatic rings. The maximum Gasteiger partial charge on any atom is 0.417 e. The molecule has 1 heterocycles. The number of anilines is 1. The summed E-state index contributed by atoms with van der Waals surface area (Å²) in [6.45, 7) is 2.46. The number of halogens is 3. The minimum Gasteiger partial charge on any atom is -0.307 e. The molecule has 0 saturated carbocycles. The van der Waals surface area contributed by atoms with Crippen LogP contribution in [-0.4, -0.2) is 15.7 Å². The number of aryl methyl sites for hydroxylation is 1. The van der Waals surface area contributed by atoms with Crippen LogP contribution in [0, 0.1) is 0 Å². The third-order valence-corrected chi connectivity index (χ3v) is 4.20. The third kappa shape index (κ3) is 4.36. The molecule has 1 N–H and O–H groups in total. The van der Waals surface area contributed by atoms with Crippen molar-refractivity contribution in [2.45, 2.75) is 26.1 Å². The molecule has 140 valence electrons. The van der Waals surface area contributed by atoms with E-state index < -0.39 is 23.2 Å². The summed E-state index contributed by atoms with van der Waals surface area (Å²) in [6.07, 6.45) is -2.18. The molecule has 0 saturated heterocycles. The first-order valence-electron chi connectivity index (χ1n) is 8.45. The van der Waals surface area contributed by atoms with E-state index in [0.29, 0.717) is 12.4 Å². The van der Waals surface area contributed by atoms with Crippen LogP contribution in [0.5, 0.6) is 0 Å². The quantitative estimate of drug-likeness (QED) is 0.701. The molecule has 2 aromatic carbocycles. The van der Waals surface area contributed by atoms with Gasteiger partial charge in [-0.05, 0) is 29.7 Å². The summed E-state index contributed by atoms with van der Waals surface area (Å²) in [5.41, 5.74) is 0.785. The van der Waals surface area contributed by atoms with Crippen molar-refractivity contribution in [3.63, 3.8) is 0 Å². The maximum absolute atomic E-state index is 13.1. The number of aromatic nitrogens is 2. The van der Waals surface area contributed by atoms with Gasteiger partial charge >= 0.3 is 6.18 Å². The van der Waals surface area contributed by atoms with Gasteiger partial charge in [0, 0.05) is 6.07 Å². The fourth-order valence-electron chi connectivity index (χ4n) is 2.73. The standard InChI is InChI=1S/C20H18F3N3O/c1-2-14-7-9-15(10-8-14)13-26-18(11-12-24-26)25-19(27)16-5-3-4-6-17(16)20(21,22)23/h3-12H,2,13H2,1H3,(H,25,27). The van der Waals surface area contributed by atoms with Gasteiger partial charge in [-0.1, -0.05) is 43.3 Å². The number of hydrogen-bond acceptors (Lipinski definition) is 2. The van der Waals surface area contributed by atoms with E-state index in [4.69, 9.17) is 0 Å². The van der Waals surface area contributed by atoms with Gasteiger partial charge in [0.2, 0.25) is 0 Å². The molecule has 0 unspecified atom stereocenters. The summed E-state index contributed by atoms with van der Waals surface area (Å²) in [7, 11) is 0. The highest BCUT2D eigenvalue weighted by atomic mass is 19.4. The van der Waals surface area contributed by atoms with E-state index in [1.165, 1.54) is 28.6 Å². The fourth-order valence-corrected chi connectivity index (χ4v) is 2.73. The van der Waals surface area contributed by atoms with Crippen LogP contribution in [0.15, 0.2) is 60.8 Å². The van der Waals surface area contributed by atoms with Gasteiger partial charge in [0.05, 0.1) is 23.9 Å². The van der Waals surface area contributed by atoms with Crippen LogP contribution in [0.2, 0.25) is 0 Å². The topological polar surface area (TPSA) is 46.9 Å². The Morgan fingerprint density at radius 2 is 1.70 bits per heavy atom. The number of nitrogens with one attached hydrogen (secondary N) is 1. The molecular weight excluding hydrogens is 355 g/mol. The highest BCUT2D eigenvalue weighted by molar-refractivity contribution is 6.05. The average Bonchev–Trinajstić information content (AvgIpc) is 3.08. The number of carbonyl (C=O) groups is 1. The molecule has 27 heavy (non-hydrogen) atoms. The first-order chi connectivity index (χ1) is 12.9. The Bertz CT molecular complexity index is 930. The van der Waals surface area contributed by atoms with Crippen LogP contribution < -0.4 is 5.32 Å². The largest absolute Gasteiger partial charge is 0.417 e. The van der Waals surface area contributed by atoms with E-state index in [1.807, 2.05) is 24.3 Å². The van der Waals surface area contributed by atoms with Crippen LogP contribution in [0.4, 0.5) is 19.0 Å². The summed E-state index contributed by atoms with van der Waals surface area (Å²) >= 11 is 0. The average molecular weight is 373 g/mol. The van der Waals surface area contributed by atoms with Crippen molar-refractivity contribution in [2.24, 2.45) is 0 Å². The molecule has 0 aliphatic carbocycles. The summed E-state index contributed by atoms with van der Waals surface area (Å²) in [5, 5.41) is 6.68. The Kier molecular flexibility index (Phi) is 5.30. The molecule has 0 aliphatic rings. The molecule has 0 aliphatic heterocycles. The normalized spacial score (nSPS) is 11.4. The van der Waals surface area contributed by atoms with Gasteiger partial charge in [0.1, 0.15) is 5.82 Å². The van der Waals surface area contributed by atoms with E-state index >= 15 is 0 Å². The van der Waals surface area contributed by atoms with Gasteiger partial charge in [-0.15, -0.1) is 0 Å². The van der Waals surface area contributed by atoms with Gasteiger partial charge in [0.25, 0.3) is 5.91 Å². The number of nitrogens with zero attached hydrogens (tertiary/aromatic N) is 2. The van der Waals surface area contributed by atoms with Crippen LogP contribution in [-0.2, 0) is 19.1 Å². The minimum atomic E-state index is -4.60. The molecule has 0 bridgehead atoms. The number of hydrogen-bond donors (Lipinski definition) is 1. The lowest BCUT2D eigenvalue weighted by molar-refractivity contribution is -0.137. The second-order valence-electron chi connectivity index (χ2n) is 6.04. The zero-order valence-electron chi connectivity index (χ0n) is 14.6. The molecule has 0 radical (unpaired) electrons. The molecule has 1 amide bonds. The molecule has 3 rings (SSSR count). The lowest BCUT2D eigenvalue weighted by atomic mass is 10.1. The summed E-state index contributed by atoms with van der Waals surface area (Å²) in [6, 6.07) is 14.2. The second kappa shape index (κ2) is 7.65. The number of alkyl halides is 3. The molecular formula is C20H18F3N3O. The van der Waals surface area contributed by atoms with E-state index in [1.54, 1.807) is 6.07 Å². The Morgan fingerprint density at radius 1 is 1.04 bits per heavy atom. The Labute approximate surface area is 154 Å². The monoisotopic (exact) mass is 373 g/mol. The van der Waals surface area contributed by atoms with Gasteiger partial charge in [0.15, 0.2) is 0 Å². The third-order valence-electron chi connectivity index (χ3n) is 4.20. The number of amides is 1. The van der Waals surface area contributed by atoms with Crippen LogP contribution in [0.1, 0.15) is 34.0 Å². The molecule has 7 heteroatoms. The lowest BCUT2D eigenvalue weighted by Gasteiger charge is -2.13. The maximum atomic E-state index is 13.1. The molecule has 0 fully saturated rings. The van der Waals surface area contributed by atoms with Crippen molar-refractivity contribution in [1.82, 2.24) is 9.78 Å². The first-order valence-corrected chi connectivity index (χ1v) is 8.45. The van der Waals surface area contributed by atoms with Gasteiger partial charge < -0.3 is 5.32 Å². The highest BCUT2D eigenvalue weighted by Crippen LogP contribution is 2.32. The van der Waals surface area contributed by atoms with E-state index in [0.717, 1.165) is 24.1 Å². The summed E-state index contributed by atoms with van der Waals surface area (Å²) < 4.78 is 40.9. The molecule has 4 nitrogen and oxygen atoms in total. The number of rotatable bonds is 5. The van der Waals surface area contributed by atoms with Crippen molar-refractivity contribution >= 4 is 11.7 Å². The van der Waals surface area contributed by atoms with E-state index in [2.05, 4.69) is 17.3 Å². The summed E-state index contributed by atoms with van der Waals surface area (Å²) in [4.78, 5) is 12.4. The Balaban J connectivity index is 1.80. The Morgan fingerprint density at radius 3 is 2.37 bits per heavy atom. The van der Waals surface area contributed by atoms with E-state index in [-0.39, 0.29) is 0 Å². The smallest absolute Gasteiger partial charge is 0.307 e. The zero-order chi connectivity index (χ0) is 19.4. The molecule has 0 atom stereocenters. The zero-order valence-corrected chi connectivity index (χ0v) is 14.6. The SMILES string of the molecule is CCc1ccc(Cn2nccc2NC(=O)c2ccccc2C(F)(F)F)cc1. The van der Waals surface area contributed by atoms with Crippen LogP contribution >= 0.6 is 0 Å². The number of carbonyl (C=O) groups excluding carboxylic acids is 1. The van der Waals surface area contributed by atoms with Crippen LogP contribution in [0.3, 0.4) is 0 Å². The highest BCUT2D eigenvalue weighted by Gasteiger charge is 2.34. The molecule has 0 spiro atoms. The first kappa shape index (κ1) is 18.7. The van der Waals surface area contributed by atoms with Crippen molar-refractivity contribution in [3.8, 4) is 0 Å². The summed E-state index contributed by atoms with van der Waals surface area (Å²) in [5.74, 6) is -0.498. The van der Waals surface area contributed by atoms with E-state index in [9.17, 15) is 18.0 Å². The van der Waals surface area contributed by atoms with Crippen molar-refractivity contribution in [1.29, 1.82) is 0 Å². The molecule has 1 aromatic heterocycles. The van der Waals surface area contributed by atoms with Crippen molar-refractivity contribution in [3.05, 3.63) is 83.0 Å². The van der Waals surface area contributed by atoms with Crippen molar-refractivity contribution < 1.29 is 18.0 Å². The second-order valence-corrected chi connectivity index (χ2v) is 6.04. The Hall–Kier alpha value is -3.09. The van der Waals surface area contributed by atoms with Gasteiger partial charge in [-0.3, -0.25) is 4.79 Å². The van der Waals surface area contributed by atoms with Crippen molar-refractivity contribution in [2.75, 3.05) is 5.32 Å². The predicted molar refractivity (Wildman–Crippen MR) is 96.5 cm³/mol.